The van der Waals surface area contributed by atoms with E-state index in [1.165, 1.54) is 10.9 Å². The minimum Gasteiger partial charge on any atom is -0.461 e. The summed E-state index contributed by atoms with van der Waals surface area (Å²) >= 11 is 0. The number of aryl methyl sites for hydroxylation is 2. The smallest absolute Gasteiger partial charge is 0.360 e. The van der Waals surface area contributed by atoms with Gasteiger partial charge in [-0.25, -0.2) is 14.8 Å². The topological polar surface area (TPSA) is 82.8 Å². The molecule has 0 aliphatic heterocycles. The van der Waals surface area contributed by atoms with Crippen molar-refractivity contribution in [3.05, 3.63) is 29.3 Å². The van der Waals surface area contributed by atoms with Gasteiger partial charge < -0.3 is 4.74 Å². The van der Waals surface area contributed by atoms with E-state index in [1.807, 2.05) is 19.9 Å². The van der Waals surface area contributed by atoms with Crippen LogP contribution in [-0.2, 0) is 4.74 Å². The largest absolute Gasteiger partial charge is 0.461 e. The Kier molecular flexibility index (Phi) is 3.31. The summed E-state index contributed by atoms with van der Waals surface area (Å²) in [4.78, 5) is 19.9. The Morgan fingerprint density at radius 2 is 2.00 bits per heavy atom. The first-order valence-electron chi connectivity index (χ1n) is 5.52. The first-order chi connectivity index (χ1) is 8.60. The van der Waals surface area contributed by atoms with Gasteiger partial charge in [0.2, 0.25) is 0 Å². The average molecular weight is 247 g/mol. The molecule has 0 radical (unpaired) electrons. The molecule has 2 heterocycles. The molecule has 0 atom stereocenters. The van der Waals surface area contributed by atoms with Gasteiger partial charge in [-0.3, -0.25) is 0 Å². The Morgan fingerprint density at radius 3 is 2.61 bits per heavy atom. The summed E-state index contributed by atoms with van der Waals surface area (Å²) in [5.74, 6) is -0.122. The Labute approximate surface area is 104 Å². The normalized spacial score (nSPS) is 10.4. The average Bonchev–Trinajstić information content (AvgIpc) is 2.77. The van der Waals surface area contributed by atoms with Crippen molar-refractivity contribution in [1.29, 1.82) is 0 Å². The van der Waals surface area contributed by atoms with Crippen LogP contribution in [0.3, 0.4) is 0 Å². The predicted molar refractivity (Wildman–Crippen MR) is 62.4 cm³/mol. The number of esters is 1. The van der Waals surface area contributed by atoms with Gasteiger partial charge in [0.15, 0.2) is 5.69 Å². The van der Waals surface area contributed by atoms with E-state index < -0.39 is 5.97 Å². The van der Waals surface area contributed by atoms with E-state index in [0.717, 1.165) is 11.4 Å². The van der Waals surface area contributed by atoms with Crippen LogP contribution in [0, 0.1) is 13.8 Å². The highest BCUT2D eigenvalue weighted by molar-refractivity contribution is 5.86. The number of carbonyl (C=O) groups excluding carboxylic acids is 1. The molecule has 94 valence electrons. The monoisotopic (exact) mass is 247 g/mol. The summed E-state index contributed by atoms with van der Waals surface area (Å²) in [7, 11) is 0. The Balaban J connectivity index is 2.32. The number of nitrogens with zero attached hydrogens (tertiary/aromatic N) is 5. The van der Waals surface area contributed by atoms with E-state index in [0.29, 0.717) is 12.6 Å². The molecule has 2 aromatic rings. The molecule has 0 aliphatic rings. The molecule has 7 heteroatoms. The zero-order valence-corrected chi connectivity index (χ0v) is 10.4. The van der Waals surface area contributed by atoms with Crippen LogP contribution in [0.2, 0.25) is 0 Å². The molecular weight excluding hydrogens is 234 g/mol. The van der Waals surface area contributed by atoms with Gasteiger partial charge >= 0.3 is 5.97 Å². The molecule has 0 N–H and O–H groups in total. The van der Waals surface area contributed by atoms with Crippen molar-refractivity contribution in [3.63, 3.8) is 0 Å². The lowest BCUT2D eigenvalue weighted by Gasteiger charge is -2.01. The van der Waals surface area contributed by atoms with Crippen molar-refractivity contribution in [2.45, 2.75) is 20.8 Å². The number of hydrogen-bond acceptors (Lipinski definition) is 6. The molecule has 2 rings (SSSR count). The van der Waals surface area contributed by atoms with Crippen molar-refractivity contribution in [1.82, 2.24) is 25.0 Å². The summed E-state index contributed by atoms with van der Waals surface area (Å²) in [6.07, 6.45) is 1.45. The molecule has 0 saturated heterocycles. The van der Waals surface area contributed by atoms with E-state index in [2.05, 4.69) is 20.3 Å². The Hall–Kier alpha value is -2.31. The zero-order valence-electron chi connectivity index (χ0n) is 10.4. The third-order valence-electron chi connectivity index (χ3n) is 2.15. The minimum atomic E-state index is -0.506. The third kappa shape index (κ3) is 2.50. The van der Waals surface area contributed by atoms with Gasteiger partial charge in [-0.05, 0) is 26.8 Å². The van der Waals surface area contributed by atoms with Crippen LogP contribution in [0.4, 0.5) is 0 Å². The second-order valence-corrected chi connectivity index (χ2v) is 3.72. The van der Waals surface area contributed by atoms with Crippen molar-refractivity contribution >= 4 is 5.97 Å². The van der Waals surface area contributed by atoms with Crippen molar-refractivity contribution in [2.75, 3.05) is 6.61 Å². The highest BCUT2D eigenvalue weighted by Gasteiger charge is 2.13. The molecule has 0 aliphatic carbocycles. The number of ether oxygens (including phenoxy) is 1. The van der Waals surface area contributed by atoms with Gasteiger partial charge in [0.25, 0.3) is 5.95 Å². The van der Waals surface area contributed by atoms with Gasteiger partial charge in [-0.15, -0.1) is 5.10 Å². The van der Waals surface area contributed by atoms with Crippen molar-refractivity contribution < 1.29 is 9.53 Å². The Morgan fingerprint density at radius 1 is 1.33 bits per heavy atom. The van der Waals surface area contributed by atoms with E-state index in [-0.39, 0.29) is 5.69 Å². The zero-order chi connectivity index (χ0) is 13.1. The van der Waals surface area contributed by atoms with E-state index in [1.54, 1.807) is 6.92 Å². The summed E-state index contributed by atoms with van der Waals surface area (Å²) in [6.45, 7) is 5.75. The van der Waals surface area contributed by atoms with Gasteiger partial charge in [0, 0.05) is 11.4 Å². The first kappa shape index (κ1) is 12.2. The highest BCUT2D eigenvalue weighted by atomic mass is 16.5. The van der Waals surface area contributed by atoms with Gasteiger partial charge in [0.05, 0.1) is 12.8 Å². The van der Waals surface area contributed by atoms with Crippen LogP contribution in [0.15, 0.2) is 12.3 Å². The molecule has 7 nitrogen and oxygen atoms in total. The summed E-state index contributed by atoms with van der Waals surface area (Å²) in [5.41, 5.74) is 1.79. The van der Waals surface area contributed by atoms with Gasteiger partial charge in [-0.2, -0.15) is 4.68 Å². The predicted octanol–water partition coefficient (Wildman–Crippen LogP) is 0.851. The lowest BCUT2D eigenvalue weighted by atomic mass is 10.4. The SMILES string of the molecule is CCOC(=O)c1cn(-c2nc(C)cc(C)n2)nn1. The second kappa shape index (κ2) is 4.91. The van der Waals surface area contributed by atoms with Crippen LogP contribution in [0.5, 0.6) is 0 Å². The number of hydrogen-bond donors (Lipinski definition) is 0. The maximum Gasteiger partial charge on any atom is 0.360 e. The molecular formula is C11H13N5O2. The van der Waals surface area contributed by atoms with E-state index in [4.69, 9.17) is 4.74 Å². The maximum absolute atomic E-state index is 11.4. The summed E-state index contributed by atoms with van der Waals surface area (Å²) in [5, 5.41) is 7.54. The number of aromatic nitrogens is 5. The molecule has 0 fully saturated rings. The summed E-state index contributed by atoms with van der Waals surface area (Å²) in [6, 6.07) is 1.85. The van der Waals surface area contributed by atoms with Crippen molar-refractivity contribution in [2.24, 2.45) is 0 Å². The summed E-state index contributed by atoms with van der Waals surface area (Å²) < 4.78 is 6.18. The molecule has 0 aromatic carbocycles. The van der Waals surface area contributed by atoms with E-state index >= 15 is 0 Å². The maximum atomic E-state index is 11.4. The van der Waals surface area contributed by atoms with E-state index in [9.17, 15) is 4.79 Å². The van der Waals surface area contributed by atoms with Crippen LogP contribution < -0.4 is 0 Å². The van der Waals surface area contributed by atoms with Crippen LogP contribution >= 0.6 is 0 Å². The molecule has 0 unspecified atom stereocenters. The fourth-order valence-electron chi connectivity index (χ4n) is 1.47. The number of rotatable bonds is 3. The molecule has 0 bridgehead atoms. The second-order valence-electron chi connectivity index (χ2n) is 3.72. The fourth-order valence-corrected chi connectivity index (χ4v) is 1.47. The highest BCUT2D eigenvalue weighted by Crippen LogP contribution is 2.05. The minimum absolute atomic E-state index is 0.139. The van der Waals surface area contributed by atoms with Gasteiger partial charge in [0.1, 0.15) is 0 Å². The lowest BCUT2D eigenvalue weighted by Crippen LogP contribution is -2.05. The van der Waals surface area contributed by atoms with Gasteiger partial charge in [-0.1, -0.05) is 5.21 Å². The standard InChI is InChI=1S/C11H13N5O2/c1-4-18-10(17)9-6-16(15-14-9)11-12-7(2)5-8(3)13-11/h5-6H,4H2,1-3H3. The number of carbonyl (C=O) groups is 1. The Bertz CT molecular complexity index is 558. The molecule has 0 saturated carbocycles. The van der Waals surface area contributed by atoms with Crippen molar-refractivity contribution in [3.8, 4) is 5.95 Å². The third-order valence-corrected chi connectivity index (χ3v) is 2.15. The molecule has 0 amide bonds. The quantitative estimate of drug-likeness (QED) is 0.748. The first-order valence-corrected chi connectivity index (χ1v) is 5.52. The molecule has 2 aromatic heterocycles. The lowest BCUT2D eigenvalue weighted by molar-refractivity contribution is 0.0519. The molecule has 0 spiro atoms. The van der Waals surface area contributed by atoms with Crippen LogP contribution in [-0.4, -0.2) is 37.5 Å². The fraction of sp³-hybridized carbons (Fsp3) is 0.364. The van der Waals surface area contributed by atoms with Crippen LogP contribution in [0.25, 0.3) is 5.95 Å². The van der Waals surface area contributed by atoms with Crippen LogP contribution in [0.1, 0.15) is 28.8 Å². The molecule has 18 heavy (non-hydrogen) atoms.